The van der Waals surface area contributed by atoms with Crippen LogP contribution in [0.5, 0.6) is 11.5 Å². The Morgan fingerprint density at radius 1 is 1.16 bits per heavy atom. The molecule has 0 N–H and O–H groups in total. The molecule has 0 saturated carbocycles. The highest BCUT2D eigenvalue weighted by Crippen LogP contribution is 2.37. The van der Waals surface area contributed by atoms with Crippen molar-refractivity contribution in [2.24, 2.45) is 0 Å². The van der Waals surface area contributed by atoms with E-state index < -0.39 is 0 Å². The lowest BCUT2D eigenvalue weighted by Gasteiger charge is -2.11. The quantitative estimate of drug-likeness (QED) is 0.511. The van der Waals surface area contributed by atoms with E-state index in [9.17, 15) is 0 Å². The van der Waals surface area contributed by atoms with Gasteiger partial charge in [0.15, 0.2) is 5.75 Å². The summed E-state index contributed by atoms with van der Waals surface area (Å²) in [4.78, 5) is 0. The van der Waals surface area contributed by atoms with Crippen LogP contribution in [0, 0.1) is 0 Å². The Morgan fingerprint density at radius 3 is 2.32 bits per heavy atom. The molecule has 7 heteroatoms. The van der Waals surface area contributed by atoms with Gasteiger partial charge < -0.3 is 9.47 Å². The third-order valence-corrected chi connectivity index (χ3v) is 2.92. The third kappa shape index (κ3) is 6.18. The van der Waals surface area contributed by atoms with Crippen molar-refractivity contribution in [3.05, 3.63) is 32.7 Å². The van der Waals surface area contributed by atoms with Crippen LogP contribution in [0.25, 0.3) is 0 Å². The fourth-order valence-electron chi connectivity index (χ4n) is 1.22. The van der Waals surface area contributed by atoms with E-state index in [1.165, 1.54) is 6.08 Å². The largest absolute Gasteiger partial charge is 0.490 e. The average molecular weight is 340 g/mol. The molecule has 0 unspecified atom stereocenters. The molecule has 0 atom stereocenters. The van der Waals surface area contributed by atoms with Crippen LogP contribution in [0.15, 0.2) is 22.7 Å². The summed E-state index contributed by atoms with van der Waals surface area (Å²) < 4.78 is 11.0. The lowest BCUT2D eigenvalue weighted by molar-refractivity contribution is 0.316. The summed E-state index contributed by atoms with van der Waals surface area (Å²) in [6.45, 7) is 0.684. The molecular formula is C12H11BCl4O2. The topological polar surface area (TPSA) is 18.5 Å². The molecule has 0 saturated heterocycles. The fourth-order valence-corrected chi connectivity index (χ4v) is 1.92. The Morgan fingerprint density at radius 2 is 1.79 bits per heavy atom. The van der Waals surface area contributed by atoms with Crippen molar-refractivity contribution < 1.29 is 9.47 Å². The summed E-state index contributed by atoms with van der Waals surface area (Å²) in [5.74, 6) is 0.932. The summed E-state index contributed by atoms with van der Waals surface area (Å²) in [5.41, 5.74) is 0. The van der Waals surface area contributed by atoms with Crippen LogP contribution in [0.1, 0.15) is 6.42 Å². The molecule has 1 rings (SSSR count). The van der Waals surface area contributed by atoms with Crippen molar-refractivity contribution in [2.75, 3.05) is 13.2 Å². The Kier molecular flexibility index (Phi) is 7.85. The van der Waals surface area contributed by atoms with Gasteiger partial charge in [0.2, 0.25) is 0 Å². The smallest absolute Gasteiger partial charge is 0.156 e. The SMILES string of the molecule is [B]CCCOc1c(Cl)cc(OCC=C(Cl)Cl)cc1Cl. The molecule has 0 aliphatic heterocycles. The minimum Gasteiger partial charge on any atom is -0.490 e. The van der Waals surface area contributed by atoms with Gasteiger partial charge in [0, 0.05) is 12.1 Å². The zero-order valence-electron chi connectivity index (χ0n) is 9.97. The predicted molar refractivity (Wildman–Crippen MR) is 82.4 cm³/mol. The second-order valence-corrected chi connectivity index (χ2v) is 5.33. The molecule has 0 spiro atoms. The van der Waals surface area contributed by atoms with Crippen molar-refractivity contribution in [3.63, 3.8) is 0 Å². The molecule has 19 heavy (non-hydrogen) atoms. The van der Waals surface area contributed by atoms with Gasteiger partial charge in [0.25, 0.3) is 0 Å². The fraction of sp³-hybridized carbons (Fsp3) is 0.333. The van der Waals surface area contributed by atoms with Gasteiger partial charge >= 0.3 is 0 Å². The van der Waals surface area contributed by atoms with E-state index in [1.807, 2.05) is 0 Å². The number of rotatable bonds is 7. The molecular weight excluding hydrogens is 329 g/mol. The van der Waals surface area contributed by atoms with Crippen LogP contribution < -0.4 is 9.47 Å². The van der Waals surface area contributed by atoms with Crippen molar-refractivity contribution in [3.8, 4) is 11.5 Å². The van der Waals surface area contributed by atoms with E-state index in [2.05, 4.69) is 0 Å². The van der Waals surface area contributed by atoms with Crippen molar-refractivity contribution in [1.82, 2.24) is 0 Å². The minimum atomic E-state index is 0.138. The van der Waals surface area contributed by atoms with E-state index in [0.717, 1.165) is 6.42 Å². The summed E-state index contributed by atoms with van der Waals surface area (Å²) in [5, 5.41) is 0.751. The first-order chi connectivity index (χ1) is 9.04. The maximum absolute atomic E-state index is 6.07. The van der Waals surface area contributed by atoms with Crippen molar-refractivity contribution in [1.29, 1.82) is 0 Å². The Hall–Kier alpha value is -0.215. The first-order valence-corrected chi connectivity index (χ1v) is 7.01. The van der Waals surface area contributed by atoms with Crippen molar-refractivity contribution >= 4 is 54.3 Å². The molecule has 0 amide bonds. The van der Waals surface area contributed by atoms with Crippen LogP contribution in [-0.2, 0) is 0 Å². The lowest BCUT2D eigenvalue weighted by Crippen LogP contribution is -1.99. The Bertz CT molecular complexity index is 424. The van der Waals surface area contributed by atoms with Crippen LogP contribution in [0.4, 0.5) is 0 Å². The standard InChI is InChI=1S/C12H11BCl4O2/c13-3-1-4-19-12-9(14)6-8(7-10(12)15)18-5-2-11(16)17/h2,6-7H,1,3-5H2. The zero-order chi connectivity index (χ0) is 14.3. The molecule has 2 radical (unpaired) electrons. The number of hydrogen-bond acceptors (Lipinski definition) is 2. The van der Waals surface area contributed by atoms with Gasteiger partial charge in [-0.3, -0.25) is 0 Å². The molecule has 0 aliphatic rings. The van der Waals surface area contributed by atoms with E-state index in [-0.39, 0.29) is 11.1 Å². The molecule has 0 heterocycles. The molecule has 0 bridgehead atoms. The first-order valence-electron chi connectivity index (χ1n) is 5.50. The zero-order valence-corrected chi connectivity index (χ0v) is 13.0. The summed E-state index contributed by atoms with van der Waals surface area (Å²) in [6, 6.07) is 3.22. The van der Waals surface area contributed by atoms with Gasteiger partial charge in [0.05, 0.1) is 24.5 Å². The van der Waals surface area contributed by atoms with Crippen molar-refractivity contribution in [2.45, 2.75) is 12.7 Å². The predicted octanol–water partition coefficient (Wildman–Crippen LogP) is 5.05. The number of benzene rings is 1. The average Bonchev–Trinajstić information content (AvgIpc) is 2.32. The molecule has 2 nitrogen and oxygen atoms in total. The molecule has 102 valence electrons. The van der Waals surface area contributed by atoms with Gasteiger partial charge in [-0.25, -0.2) is 0 Å². The third-order valence-electron chi connectivity index (χ3n) is 2.05. The van der Waals surface area contributed by atoms with E-state index in [0.29, 0.717) is 34.5 Å². The van der Waals surface area contributed by atoms with E-state index in [1.54, 1.807) is 12.1 Å². The number of halogens is 4. The van der Waals surface area contributed by atoms with E-state index in [4.69, 9.17) is 63.7 Å². The first kappa shape index (κ1) is 16.8. The highest BCUT2D eigenvalue weighted by Gasteiger charge is 2.10. The second kappa shape index (κ2) is 8.86. The lowest BCUT2D eigenvalue weighted by atomic mass is 10.0. The molecule has 0 aromatic heterocycles. The minimum absolute atomic E-state index is 0.138. The van der Waals surface area contributed by atoms with Gasteiger partial charge in [-0.2, -0.15) is 0 Å². The number of ether oxygens (including phenoxy) is 2. The molecule has 0 aliphatic carbocycles. The molecule has 1 aromatic rings. The van der Waals surface area contributed by atoms with E-state index >= 15 is 0 Å². The molecule has 1 aromatic carbocycles. The van der Waals surface area contributed by atoms with Crippen LogP contribution in [0.2, 0.25) is 16.4 Å². The maximum atomic E-state index is 6.07. The highest BCUT2D eigenvalue weighted by atomic mass is 35.5. The second-order valence-electron chi connectivity index (χ2n) is 3.51. The van der Waals surface area contributed by atoms with Gasteiger partial charge in [0.1, 0.15) is 16.8 Å². The summed E-state index contributed by atoms with van der Waals surface area (Å²) in [6.07, 6.45) is 2.78. The Balaban J connectivity index is 2.70. The normalized spacial score (nSPS) is 10.1. The van der Waals surface area contributed by atoms with Gasteiger partial charge in [-0.05, 0) is 12.5 Å². The maximum Gasteiger partial charge on any atom is 0.156 e. The Labute approximate surface area is 134 Å². The highest BCUT2D eigenvalue weighted by molar-refractivity contribution is 6.55. The van der Waals surface area contributed by atoms with Crippen LogP contribution in [-0.4, -0.2) is 21.1 Å². The summed E-state index contributed by atoms with van der Waals surface area (Å²) >= 11 is 23.1. The number of hydrogen-bond donors (Lipinski definition) is 0. The van der Waals surface area contributed by atoms with Crippen LogP contribution >= 0.6 is 46.4 Å². The van der Waals surface area contributed by atoms with Gasteiger partial charge in [-0.1, -0.05) is 52.7 Å². The van der Waals surface area contributed by atoms with Crippen LogP contribution in [0.3, 0.4) is 0 Å². The monoisotopic (exact) mass is 338 g/mol. The molecule has 0 fully saturated rings. The van der Waals surface area contributed by atoms with Gasteiger partial charge in [-0.15, -0.1) is 0 Å². The summed E-state index contributed by atoms with van der Waals surface area (Å²) in [7, 11) is 5.38.